The van der Waals surface area contributed by atoms with Gasteiger partial charge in [0.15, 0.2) is 0 Å². The van der Waals surface area contributed by atoms with Gasteiger partial charge in [-0.05, 0) is 37.5 Å². The first kappa shape index (κ1) is 24.3. The number of nitrogens with zero attached hydrogens (tertiary/aromatic N) is 3. The number of anilines is 1. The molecule has 0 unspecified atom stereocenters. The second kappa shape index (κ2) is 10.6. The Hall–Kier alpha value is -3.88. The Balaban J connectivity index is 1.31. The maximum absolute atomic E-state index is 12.9. The number of likely N-dealkylation sites (tertiary alicyclic amines) is 1. The summed E-state index contributed by atoms with van der Waals surface area (Å²) in [5.41, 5.74) is 2.81. The van der Waals surface area contributed by atoms with Crippen molar-refractivity contribution in [2.75, 3.05) is 38.6 Å². The van der Waals surface area contributed by atoms with E-state index in [1.54, 1.807) is 39.0 Å². The minimum atomic E-state index is -0.524. The number of amides is 4. The number of hydrogen-bond donors (Lipinski definition) is 1. The topological polar surface area (TPSA) is 99.3 Å². The molecule has 0 radical (unpaired) electrons. The van der Waals surface area contributed by atoms with Crippen LogP contribution in [0.15, 0.2) is 48.5 Å². The normalized spacial score (nSPS) is 16.9. The second-order valence-corrected chi connectivity index (χ2v) is 8.90. The van der Waals surface area contributed by atoms with Gasteiger partial charge in [0.2, 0.25) is 0 Å². The first-order valence-corrected chi connectivity index (χ1v) is 11.8. The predicted octanol–water partition coefficient (Wildman–Crippen LogP) is 2.65. The average Bonchev–Trinajstić information content (AvgIpc) is 2.88. The van der Waals surface area contributed by atoms with Crippen LogP contribution in [0.3, 0.4) is 0 Å². The average molecular weight is 479 g/mol. The fourth-order valence-corrected chi connectivity index (χ4v) is 4.56. The summed E-state index contributed by atoms with van der Waals surface area (Å²) in [7, 11) is 1.29. The van der Waals surface area contributed by atoms with Gasteiger partial charge in [0.05, 0.1) is 18.4 Å². The number of esters is 1. The van der Waals surface area contributed by atoms with E-state index in [1.807, 2.05) is 31.2 Å². The van der Waals surface area contributed by atoms with E-state index in [2.05, 4.69) is 5.32 Å². The highest BCUT2D eigenvalue weighted by molar-refractivity contribution is 6.35. The van der Waals surface area contributed by atoms with Gasteiger partial charge < -0.3 is 24.8 Å². The van der Waals surface area contributed by atoms with E-state index in [9.17, 15) is 19.2 Å². The predicted molar refractivity (Wildman–Crippen MR) is 130 cm³/mol. The van der Waals surface area contributed by atoms with Gasteiger partial charge >= 0.3 is 23.8 Å². The van der Waals surface area contributed by atoms with Crippen molar-refractivity contribution in [1.82, 2.24) is 14.7 Å². The first-order valence-electron chi connectivity index (χ1n) is 11.8. The molecule has 0 bridgehead atoms. The van der Waals surface area contributed by atoms with E-state index in [4.69, 9.17) is 4.74 Å². The molecule has 9 nitrogen and oxygen atoms in total. The third kappa shape index (κ3) is 5.45. The largest absolute Gasteiger partial charge is 0.465 e. The number of para-hydroxylation sites is 1. The lowest BCUT2D eigenvalue weighted by Gasteiger charge is -2.42. The van der Waals surface area contributed by atoms with Crippen LogP contribution < -0.4 is 5.32 Å². The molecule has 2 aliphatic heterocycles. The zero-order valence-electron chi connectivity index (χ0n) is 20.0. The lowest BCUT2D eigenvalue weighted by Crippen LogP contribution is -2.59. The Morgan fingerprint density at radius 1 is 0.943 bits per heavy atom. The molecule has 2 aromatic rings. The number of piperidine rings is 1. The van der Waals surface area contributed by atoms with Crippen molar-refractivity contribution in [3.63, 3.8) is 0 Å². The van der Waals surface area contributed by atoms with Gasteiger partial charge in [-0.25, -0.2) is 9.59 Å². The van der Waals surface area contributed by atoms with E-state index in [0.29, 0.717) is 51.3 Å². The summed E-state index contributed by atoms with van der Waals surface area (Å²) in [4.78, 5) is 55.3. The molecule has 2 saturated heterocycles. The molecule has 2 aromatic carbocycles. The Kier molecular flexibility index (Phi) is 7.33. The number of nitrogens with one attached hydrogen (secondary N) is 1. The second-order valence-electron chi connectivity index (χ2n) is 8.90. The molecule has 4 rings (SSSR count). The van der Waals surface area contributed by atoms with Crippen molar-refractivity contribution < 1.29 is 23.9 Å². The number of hydrogen-bond acceptors (Lipinski definition) is 5. The Bertz CT molecular complexity index is 1110. The van der Waals surface area contributed by atoms with Crippen LogP contribution in [-0.2, 0) is 20.9 Å². The number of aryl methyl sites for hydroxylation is 1. The SMILES string of the molecule is COC(=O)c1ccccc1NC(=O)N1CCC(N2CCN(Cc3ccc(C)cc3)C(=O)C2=O)CC1. The van der Waals surface area contributed by atoms with E-state index < -0.39 is 17.8 Å². The highest BCUT2D eigenvalue weighted by atomic mass is 16.5. The number of carbonyl (C=O) groups excluding carboxylic acids is 4. The molecule has 2 aliphatic rings. The number of rotatable bonds is 5. The van der Waals surface area contributed by atoms with Crippen molar-refractivity contribution >= 4 is 29.5 Å². The number of benzene rings is 2. The lowest BCUT2D eigenvalue weighted by molar-refractivity contribution is -0.158. The van der Waals surface area contributed by atoms with Crippen LogP contribution in [0, 0.1) is 6.92 Å². The van der Waals surface area contributed by atoms with Gasteiger partial charge in [-0.15, -0.1) is 0 Å². The fourth-order valence-electron chi connectivity index (χ4n) is 4.56. The molecule has 184 valence electrons. The van der Waals surface area contributed by atoms with E-state index >= 15 is 0 Å². The fraction of sp³-hybridized carbons (Fsp3) is 0.385. The van der Waals surface area contributed by atoms with Crippen LogP contribution in [0.2, 0.25) is 0 Å². The Labute approximate surface area is 204 Å². The molecule has 1 N–H and O–H groups in total. The quantitative estimate of drug-likeness (QED) is 0.526. The van der Waals surface area contributed by atoms with Crippen LogP contribution in [0.25, 0.3) is 0 Å². The third-order valence-electron chi connectivity index (χ3n) is 6.60. The molecule has 9 heteroatoms. The summed E-state index contributed by atoms with van der Waals surface area (Å²) in [6.07, 6.45) is 1.17. The Morgan fingerprint density at radius 2 is 1.63 bits per heavy atom. The van der Waals surface area contributed by atoms with Gasteiger partial charge in [0.25, 0.3) is 0 Å². The molecule has 2 fully saturated rings. The molecule has 0 aliphatic carbocycles. The van der Waals surface area contributed by atoms with Crippen LogP contribution in [0.1, 0.15) is 34.3 Å². The van der Waals surface area contributed by atoms with Gasteiger partial charge in [0, 0.05) is 38.8 Å². The molecule has 0 spiro atoms. The minimum Gasteiger partial charge on any atom is -0.465 e. The van der Waals surface area contributed by atoms with Crippen molar-refractivity contribution in [1.29, 1.82) is 0 Å². The summed E-state index contributed by atoms with van der Waals surface area (Å²) >= 11 is 0. The summed E-state index contributed by atoms with van der Waals surface area (Å²) < 4.78 is 4.78. The monoisotopic (exact) mass is 478 g/mol. The van der Waals surface area contributed by atoms with E-state index in [-0.39, 0.29) is 17.6 Å². The number of ether oxygens (including phenoxy) is 1. The zero-order chi connectivity index (χ0) is 24.9. The molecule has 2 heterocycles. The minimum absolute atomic E-state index is 0.0839. The number of piperazine rings is 1. The molecule has 0 aromatic heterocycles. The number of methoxy groups -OCH3 is 1. The van der Waals surface area contributed by atoms with Crippen molar-refractivity contribution in [2.24, 2.45) is 0 Å². The standard InChI is InChI=1S/C26H30N4O5/c1-18-7-9-19(10-8-18)17-29-15-16-30(24(32)23(29)31)20-11-13-28(14-12-20)26(34)27-22-6-4-3-5-21(22)25(33)35-2/h3-10,20H,11-17H2,1-2H3,(H,27,34). The van der Waals surface area contributed by atoms with Crippen LogP contribution >= 0.6 is 0 Å². The summed E-state index contributed by atoms with van der Waals surface area (Å²) in [5, 5.41) is 2.78. The summed E-state index contributed by atoms with van der Waals surface area (Å²) in [6, 6.07) is 14.2. The molecular formula is C26H30N4O5. The summed E-state index contributed by atoms with van der Waals surface area (Å²) in [5.74, 6) is -1.47. The van der Waals surface area contributed by atoms with E-state index in [0.717, 1.165) is 11.1 Å². The molecule has 0 atom stereocenters. The maximum Gasteiger partial charge on any atom is 0.339 e. The third-order valence-corrected chi connectivity index (χ3v) is 6.60. The zero-order valence-corrected chi connectivity index (χ0v) is 20.0. The Morgan fingerprint density at radius 3 is 2.31 bits per heavy atom. The van der Waals surface area contributed by atoms with E-state index in [1.165, 1.54) is 7.11 Å². The number of carbonyl (C=O) groups is 4. The van der Waals surface area contributed by atoms with Crippen LogP contribution in [0.5, 0.6) is 0 Å². The van der Waals surface area contributed by atoms with Gasteiger partial charge in [0.1, 0.15) is 0 Å². The van der Waals surface area contributed by atoms with Crippen molar-refractivity contribution in [2.45, 2.75) is 32.4 Å². The maximum atomic E-state index is 12.9. The molecule has 4 amide bonds. The summed E-state index contributed by atoms with van der Waals surface area (Å²) in [6.45, 7) is 4.30. The van der Waals surface area contributed by atoms with Crippen LogP contribution in [0.4, 0.5) is 10.5 Å². The smallest absolute Gasteiger partial charge is 0.339 e. The highest BCUT2D eigenvalue weighted by Crippen LogP contribution is 2.22. The van der Waals surface area contributed by atoms with Crippen LogP contribution in [-0.4, -0.2) is 77.8 Å². The number of urea groups is 1. The molecular weight excluding hydrogens is 448 g/mol. The highest BCUT2D eigenvalue weighted by Gasteiger charge is 2.38. The first-order chi connectivity index (χ1) is 16.9. The van der Waals surface area contributed by atoms with Crippen molar-refractivity contribution in [3.8, 4) is 0 Å². The van der Waals surface area contributed by atoms with Gasteiger partial charge in [-0.3, -0.25) is 9.59 Å². The van der Waals surface area contributed by atoms with Gasteiger partial charge in [-0.1, -0.05) is 42.0 Å². The van der Waals surface area contributed by atoms with Crippen molar-refractivity contribution in [3.05, 3.63) is 65.2 Å². The lowest BCUT2D eigenvalue weighted by atomic mass is 10.0. The molecule has 35 heavy (non-hydrogen) atoms. The molecule has 0 saturated carbocycles. The van der Waals surface area contributed by atoms with Gasteiger partial charge in [-0.2, -0.15) is 0 Å².